The van der Waals surface area contributed by atoms with Crippen LogP contribution in [0.15, 0.2) is 18.2 Å². The van der Waals surface area contributed by atoms with Crippen LogP contribution < -0.4 is 9.47 Å². The number of hydrogen-bond acceptors (Lipinski definition) is 5. The average Bonchev–Trinajstić information content (AvgIpc) is 3.04. The summed E-state index contributed by atoms with van der Waals surface area (Å²) >= 11 is 1.24. The van der Waals surface area contributed by atoms with Gasteiger partial charge >= 0.3 is 5.97 Å². The molecule has 1 aromatic heterocycles. The minimum absolute atomic E-state index is 0.249. The lowest BCUT2D eigenvalue weighted by atomic mass is 10.1. The molecular formula is C14H13NO4S. The minimum Gasteiger partial charge on any atom is -0.477 e. The molecule has 5 nitrogen and oxygen atoms in total. The van der Waals surface area contributed by atoms with E-state index in [2.05, 4.69) is 4.98 Å². The lowest BCUT2D eigenvalue weighted by molar-refractivity contribution is 0.0701. The second kappa shape index (κ2) is 5.13. The van der Waals surface area contributed by atoms with Crippen molar-refractivity contribution >= 4 is 17.3 Å². The van der Waals surface area contributed by atoms with E-state index in [0.717, 1.165) is 22.1 Å². The van der Waals surface area contributed by atoms with E-state index >= 15 is 0 Å². The van der Waals surface area contributed by atoms with Crippen molar-refractivity contribution in [1.29, 1.82) is 0 Å². The number of benzene rings is 1. The van der Waals surface area contributed by atoms with Gasteiger partial charge in [0.05, 0.1) is 10.7 Å². The molecule has 6 heteroatoms. The maximum absolute atomic E-state index is 11.1. The average molecular weight is 291 g/mol. The largest absolute Gasteiger partial charge is 0.477 e. The van der Waals surface area contributed by atoms with Crippen molar-refractivity contribution in [3.8, 4) is 11.5 Å². The predicted molar refractivity (Wildman–Crippen MR) is 73.8 cm³/mol. The summed E-state index contributed by atoms with van der Waals surface area (Å²) in [5.41, 5.74) is 1.68. The number of carboxylic acid groups (broad SMARTS) is 1. The maximum atomic E-state index is 11.1. The number of aromatic carboxylic acids is 1. The number of nitrogens with zero attached hydrogens (tertiary/aromatic N) is 1. The highest BCUT2D eigenvalue weighted by molar-refractivity contribution is 7.13. The van der Waals surface area contributed by atoms with Gasteiger partial charge in [0.15, 0.2) is 11.5 Å². The molecular weight excluding hydrogens is 278 g/mol. The summed E-state index contributed by atoms with van der Waals surface area (Å²) in [6, 6.07) is 5.72. The van der Waals surface area contributed by atoms with Crippen molar-refractivity contribution in [2.45, 2.75) is 19.8 Å². The van der Waals surface area contributed by atoms with E-state index in [1.807, 2.05) is 25.1 Å². The van der Waals surface area contributed by atoms with Crippen molar-refractivity contribution in [3.05, 3.63) is 39.3 Å². The molecule has 1 aliphatic rings. The summed E-state index contributed by atoms with van der Waals surface area (Å²) in [6.07, 6.45) is 1.22. The van der Waals surface area contributed by atoms with Crippen LogP contribution in [-0.2, 0) is 12.8 Å². The Morgan fingerprint density at radius 1 is 1.40 bits per heavy atom. The number of carbonyl (C=O) groups is 1. The fraction of sp³-hybridized carbons (Fsp3) is 0.286. The first-order valence-electron chi connectivity index (χ1n) is 6.27. The Hall–Kier alpha value is -2.08. The first-order chi connectivity index (χ1) is 9.67. The Morgan fingerprint density at radius 3 is 2.90 bits per heavy atom. The molecule has 20 heavy (non-hydrogen) atoms. The van der Waals surface area contributed by atoms with Crippen LogP contribution in [-0.4, -0.2) is 22.9 Å². The second-order valence-corrected chi connectivity index (χ2v) is 5.49. The predicted octanol–water partition coefficient (Wildman–Crippen LogP) is 2.72. The van der Waals surface area contributed by atoms with Crippen LogP contribution in [0.4, 0.5) is 0 Å². The first-order valence-corrected chi connectivity index (χ1v) is 7.09. The number of aromatic nitrogens is 1. The molecule has 0 radical (unpaired) electrons. The Labute approximate surface area is 119 Å². The Balaban J connectivity index is 1.86. The van der Waals surface area contributed by atoms with Gasteiger partial charge in [-0.25, -0.2) is 9.78 Å². The number of aryl methyl sites for hydroxylation is 1. The molecule has 2 heterocycles. The van der Waals surface area contributed by atoms with Gasteiger partial charge in [-0.3, -0.25) is 0 Å². The highest BCUT2D eigenvalue weighted by Gasteiger charge is 2.17. The first kappa shape index (κ1) is 12.9. The smallest absolute Gasteiger partial charge is 0.347 e. The lowest BCUT2D eigenvalue weighted by Crippen LogP contribution is -1.97. The van der Waals surface area contributed by atoms with Gasteiger partial charge in [0.1, 0.15) is 4.88 Å². The molecule has 104 valence electrons. The molecule has 0 bridgehead atoms. The van der Waals surface area contributed by atoms with Gasteiger partial charge in [0.2, 0.25) is 6.79 Å². The SMILES string of the molecule is CCc1nc(Cc2ccc3c(c2)OCO3)sc1C(=O)O. The van der Waals surface area contributed by atoms with Gasteiger partial charge in [0, 0.05) is 6.42 Å². The molecule has 1 aromatic carbocycles. The molecule has 0 atom stereocenters. The zero-order valence-electron chi connectivity index (χ0n) is 10.9. The molecule has 0 unspecified atom stereocenters. The summed E-state index contributed by atoms with van der Waals surface area (Å²) in [5.74, 6) is 0.567. The summed E-state index contributed by atoms with van der Waals surface area (Å²) < 4.78 is 10.6. The van der Waals surface area contributed by atoms with Crippen LogP contribution in [0, 0.1) is 0 Å². The van der Waals surface area contributed by atoms with Crippen molar-refractivity contribution in [1.82, 2.24) is 4.98 Å². The van der Waals surface area contributed by atoms with Gasteiger partial charge in [0.25, 0.3) is 0 Å². The quantitative estimate of drug-likeness (QED) is 0.938. The number of fused-ring (bicyclic) bond motifs is 1. The van der Waals surface area contributed by atoms with Crippen LogP contribution in [0.2, 0.25) is 0 Å². The molecule has 2 aromatic rings. The van der Waals surface area contributed by atoms with Crippen molar-refractivity contribution in [2.75, 3.05) is 6.79 Å². The van der Waals surface area contributed by atoms with E-state index in [-0.39, 0.29) is 6.79 Å². The third-order valence-corrected chi connectivity index (χ3v) is 4.15. The minimum atomic E-state index is -0.906. The monoisotopic (exact) mass is 291 g/mol. The lowest BCUT2D eigenvalue weighted by Gasteiger charge is -2.00. The molecule has 3 rings (SSSR count). The molecule has 0 spiro atoms. The van der Waals surface area contributed by atoms with E-state index in [1.54, 1.807) is 0 Å². The van der Waals surface area contributed by atoms with E-state index < -0.39 is 5.97 Å². The maximum Gasteiger partial charge on any atom is 0.347 e. The molecule has 0 fully saturated rings. The molecule has 0 aliphatic carbocycles. The Morgan fingerprint density at radius 2 is 2.20 bits per heavy atom. The molecule has 0 amide bonds. The molecule has 0 saturated heterocycles. The zero-order valence-corrected chi connectivity index (χ0v) is 11.7. The van der Waals surface area contributed by atoms with Gasteiger partial charge in [-0.2, -0.15) is 0 Å². The standard InChI is InChI=1S/C14H13NO4S/c1-2-9-13(14(16)17)20-12(15-9)6-8-3-4-10-11(5-8)19-7-18-10/h3-5H,2,6-7H2,1H3,(H,16,17). The number of thiazole rings is 1. The topological polar surface area (TPSA) is 68.7 Å². The highest BCUT2D eigenvalue weighted by Crippen LogP contribution is 2.33. The third-order valence-electron chi connectivity index (χ3n) is 3.06. The van der Waals surface area contributed by atoms with Crippen molar-refractivity contribution < 1.29 is 19.4 Å². The summed E-state index contributed by atoms with van der Waals surface area (Å²) in [5, 5.41) is 9.94. The summed E-state index contributed by atoms with van der Waals surface area (Å²) in [4.78, 5) is 15.9. The van der Waals surface area contributed by atoms with Crippen LogP contribution >= 0.6 is 11.3 Å². The van der Waals surface area contributed by atoms with E-state index in [0.29, 0.717) is 23.4 Å². The van der Waals surface area contributed by atoms with E-state index in [4.69, 9.17) is 14.6 Å². The van der Waals surface area contributed by atoms with Crippen LogP contribution in [0.5, 0.6) is 11.5 Å². The highest BCUT2D eigenvalue weighted by atomic mass is 32.1. The van der Waals surface area contributed by atoms with Crippen LogP contribution in [0.25, 0.3) is 0 Å². The number of hydrogen-bond donors (Lipinski definition) is 1. The molecule has 0 saturated carbocycles. The third kappa shape index (κ3) is 2.34. The molecule has 1 aliphatic heterocycles. The summed E-state index contributed by atoms with van der Waals surface area (Å²) in [7, 11) is 0. The van der Waals surface area contributed by atoms with Crippen LogP contribution in [0.1, 0.15) is 32.9 Å². The Bertz CT molecular complexity index is 665. The van der Waals surface area contributed by atoms with Gasteiger partial charge in [-0.15, -0.1) is 11.3 Å². The Kier molecular flexibility index (Phi) is 3.31. The van der Waals surface area contributed by atoms with Gasteiger partial charge in [-0.1, -0.05) is 13.0 Å². The van der Waals surface area contributed by atoms with Crippen molar-refractivity contribution in [2.24, 2.45) is 0 Å². The number of carboxylic acids is 1. The number of ether oxygens (including phenoxy) is 2. The number of rotatable bonds is 4. The van der Waals surface area contributed by atoms with E-state index in [1.165, 1.54) is 11.3 Å². The van der Waals surface area contributed by atoms with Gasteiger partial charge in [-0.05, 0) is 24.1 Å². The molecule has 1 N–H and O–H groups in total. The normalized spacial score (nSPS) is 12.7. The fourth-order valence-electron chi connectivity index (χ4n) is 2.11. The second-order valence-electron chi connectivity index (χ2n) is 4.41. The van der Waals surface area contributed by atoms with Crippen molar-refractivity contribution in [3.63, 3.8) is 0 Å². The fourth-order valence-corrected chi connectivity index (χ4v) is 3.13. The summed E-state index contributed by atoms with van der Waals surface area (Å²) in [6.45, 7) is 2.16. The van der Waals surface area contributed by atoms with Gasteiger partial charge < -0.3 is 14.6 Å². The van der Waals surface area contributed by atoms with Crippen LogP contribution in [0.3, 0.4) is 0 Å². The zero-order chi connectivity index (χ0) is 14.1. The van der Waals surface area contributed by atoms with E-state index in [9.17, 15) is 4.79 Å².